The van der Waals surface area contributed by atoms with Crippen molar-refractivity contribution in [1.29, 1.82) is 0 Å². The van der Waals surface area contributed by atoms with Crippen molar-refractivity contribution >= 4 is 11.8 Å². The first-order valence-corrected chi connectivity index (χ1v) is 7.25. The molecule has 0 radical (unpaired) electrons. The maximum absolute atomic E-state index is 5.65. The number of hydrogen-bond acceptors (Lipinski definition) is 3. The minimum atomic E-state index is 0.239. The average molecular weight is 251 g/mol. The quantitative estimate of drug-likeness (QED) is 0.887. The summed E-state index contributed by atoms with van der Waals surface area (Å²) in [5.74, 6) is 0.956. The van der Waals surface area contributed by atoms with E-state index >= 15 is 0 Å². The van der Waals surface area contributed by atoms with E-state index in [9.17, 15) is 0 Å². The SMILES string of the molecule is CC(C)Oc1ccc(C2NCCC(C)S2)cc1. The number of nitrogens with one attached hydrogen (secondary N) is 1. The van der Waals surface area contributed by atoms with Crippen LogP contribution in [0, 0.1) is 0 Å². The van der Waals surface area contributed by atoms with Crippen molar-refractivity contribution in [3.05, 3.63) is 29.8 Å². The predicted octanol–water partition coefficient (Wildman–Crippen LogP) is 3.59. The second-order valence-electron chi connectivity index (χ2n) is 4.81. The molecule has 2 nitrogen and oxygen atoms in total. The molecule has 1 aromatic rings. The van der Waals surface area contributed by atoms with Gasteiger partial charge in [0, 0.05) is 5.25 Å². The normalized spacial score (nSPS) is 24.9. The van der Waals surface area contributed by atoms with Gasteiger partial charge in [0.25, 0.3) is 0 Å². The van der Waals surface area contributed by atoms with E-state index < -0.39 is 0 Å². The molecule has 1 fully saturated rings. The zero-order chi connectivity index (χ0) is 12.3. The lowest BCUT2D eigenvalue weighted by Crippen LogP contribution is -2.28. The number of thioether (sulfide) groups is 1. The van der Waals surface area contributed by atoms with E-state index in [2.05, 4.69) is 36.5 Å². The molecule has 2 rings (SSSR count). The monoisotopic (exact) mass is 251 g/mol. The van der Waals surface area contributed by atoms with Gasteiger partial charge in [0.1, 0.15) is 5.75 Å². The van der Waals surface area contributed by atoms with Crippen LogP contribution in [0.5, 0.6) is 5.75 Å². The maximum Gasteiger partial charge on any atom is 0.119 e. The summed E-state index contributed by atoms with van der Waals surface area (Å²) in [5, 5.41) is 4.73. The van der Waals surface area contributed by atoms with E-state index in [4.69, 9.17) is 4.74 Å². The van der Waals surface area contributed by atoms with E-state index in [1.54, 1.807) is 0 Å². The molecule has 1 saturated heterocycles. The third-order valence-corrected chi connectivity index (χ3v) is 4.21. The smallest absolute Gasteiger partial charge is 0.119 e. The van der Waals surface area contributed by atoms with Gasteiger partial charge in [-0.2, -0.15) is 0 Å². The lowest BCUT2D eigenvalue weighted by Gasteiger charge is -2.28. The van der Waals surface area contributed by atoms with Crippen molar-refractivity contribution in [2.45, 2.75) is 43.9 Å². The molecule has 2 atom stereocenters. The fourth-order valence-electron chi connectivity index (χ4n) is 1.96. The zero-order valence-electron chi connectivity index (χ0n) is 10.8. The first-order chi connectivity index (χ1) is 8.15. The van der Waals surface area contributed by atoms with Crippen molar-refractivity contribution < 1.29 is 4.74 Å². The average Bonchev–Trinajstić information content (AvgIpc) is 2.29. The summed E-state index contributed by atoms with van der Waals surface area (Å²) < 4.78 is 5.65. The van der Waals surface area contributed by atoms with Gasteiger partial charge in [-0.15, -0.1) is 11.8 Å². The minimum absolute atomic E-state index is 0.239. The molecule has 0 amide bonds. The Morgan fingerprint density at radius 1 is 1.29 bits per heavy atom. The summed E-state index contributed by atoms with van der Waals surface area (Å²) in [6, 6.07) is 8.47. The second-order valence-corrected chi connectivity index (χ2v) is 6.35. The van der Waals surface area contributed by atoms with Crippen LogP contribution in [0.4, 0.5) is 0 Å². The Morgan fingerprint density at radius 2 is 2.00 bits per heavy atom. The highest BCUT2D eigenvalue weighted by Crippen LogP contribution is 2.34. The molecule has 1 aliphatic rings. The number of ether oxygens (including phenoxy) is 1. The molecule has 0 saturated carbocycles. The molecule has 1 N–H and O–H groups in total. The summed E-state index contributed by atoms with van der Waals surface area (Å²) in [6.07, 6.45) is 1.50. The highest BCUT2D eigenvalue weighted by atomic mass is 32.2. The largest absolute Gasteiger partial charge is 0.491 e. The summed E-state index contributed by atoms with van der Waals surface area (Å²) >= 11 is 2.01. The molecule has 17 heavy (non-hydrogen) atoms. The highest BCUT2D eigenvalue weighted by molar-refractivity contribution is 8.00. The van der Waals surface area contributed by atoms with Crippen LogP contribution in [0.1, 0.15) is 38.1 Å². The molecular formula is C14H21NOS. The third kappa shape index (κ3) is 3.65. The van der Waals surface area contributed by atoms with E-state index in [-0.39, 0.29) is 6.10 Å². The van der Waals surface area contributed by atoms with Gasteiger partial charge in [0.15, 0.2) is 0 Å². The first-order valence-electron chi connectivity index (χ1n) is 6.30. The Labute approximate surface area is 108 Å². The van der Waals surface area contributed by atoms with Gasteiger partial charge in [-0.05, 0) is 44.5 Å². The van der Waals surface area contributed by atoms with Crippen LogP contribution >= 0.6 is 11.8 Å². The molecular weight excluding hydrogens is 230 g/mol. The number of rotatable bonds is 3. The standard InChI is InChI=1S/C14H21NOS/c1-10(2)16-13-6-4-12(5-7-13)14-15-9-8-11(3)17-14/h4-7,10-11,14-15H,8-9H2,1-3H3. The van der Waals surface area contributed by atoms with Gasteiger partial charge in [-0.25, -0.2) is 0 Å². The molecule has 1 heterocycles. The Balaban J connectivity index is 2.01. The van der Waals surface area contributed by atoms with Gasteiger partial charge in [0.2, 0.25) is 0 Å². The number of hydrogen-bond donors (Lipinski definition) is 1. The summed E-state index contributed by atoms with van der Waals surface area (Å²) in [7, 11) is 0. The Morgan fingerprint density at radius 3 is 2.59 bits per heavy atom. The fraction of sp³-hybridized carbons (Fsp3) is 0.571. The molecule has 2 unspecified atom stereocenters. The van der Waals surface area contributed by atoms with E-state index in [1.165, 1.54) is 12.0 Å². The van der Waals surface area contributed by atoms with Crippen LogP contribution in [0.15, 0.2) is 24.3 Å². The van der Waals surface area contributed by atoms with Crippen molar-refractivity contribution in [3.8, 4) is 5.75 Å². The topological polar surface area (TPSA) is 21.3 Å². The summed E-state index contributed by atoms with van der Waals surface area (Å²) in [4.78, 5) is 0. The van der Waals surface area contributed by atoms with Crippen LogP contribution in [-0.2, 0) is 0 Å². The zero-order valence-corrected chi connectivity index (χ0v) is 11.6. The molecule has 1 aliphatic heterocycles. The molecule has 94 valence electrons. The Hall–Kier alpha value is -0.670. The van der Waals surface area contributed by atoms with Crippen LogP contribution in [0.2, 0.25) is 0 Å². The second kappa shape index (κ2) is 5.78. The van der Waals surface area contributed by atoms with Crippen molar-refractivity contribution in [2.24, 2.45) is 0 Å². The van der Waals surface area contributed by atoms with Gasteiger partial charge in [0.05, 0.1) is 11.5 Å². The predicted molar refractivity (Wildman–Crippen MR) is 74.6 cm³/mol. The van der Waals surface area contributed by atoms with Crippen LogP contribution in [0.3, 0.4) is 0 Å². The van der Waals surface area contributed by atoms with Crippen molar-refractivity contribution in [3.63, 3.8) is 0 Å². The summed E-state index contributed by atoms with van der Waals surface area (Å²) in [5.41, 5.74) is 1.35. The molecule has 0 spiro atoms. The Bertz CT molecular complexity index is 350. The fourth-order valence-corrected chi connectivity index (χ4v) is 3.20. The molecule has 0 bridgehead atoms. The van der Waals surface area contributed by atoms with Crippen LogP contribution in [-0.4, -0.2) is 17.9 Å². The first kappa shape index (κ1) is 12.8. The lowest BCUT2D eigenvalue weighted by molar-refractivity contribution is 0.242. The van der Waals surface area contributed by atoms with E-state index in [0.29, 0.717) is 5.37 Å². The Kier molecular flexibility index (Phi) is 4.35. The van der Waals surface area contributed by atoms with Crippen molar-refractivity contribution in [2.75, 3.05) is 6.54 Å². The molecule has 1 aromatic carbocycles. The van der Waals surface area contributed by atoms with Crippen molar-refractivity contribution in [1.82, 2.24) is 5.32 Å². The van der Waals surface area contributed by atoms with E-state index in [0.717, 1.165) is 17.5 Å². The highest BCUT2D eigenvalue weighted by Gasteiger charge is 2.19. The van der Waals surface area contributed by atoms with E-state index in [1.807, 2.05) is 25.6 Å². The number of benzene rings is 1. The maximum atomic E-state index is 5.65. The van der Waals surface area contributed by atoms with Crippen LogP contribution in [0.25, 0.3) is 0 Å². The molecule has 0 aromatic heterocycles. The third-order valence-electron chi connectivity index (χ3n) is 2.80. The molecule has 0 aliphatic carbocycles. The summed E-state index contributed by atoms with van der Waals surface area (Å²) in [6.45, 7) is 7.51. The van der Waals surface area contributed by atoms with Crippen LogP contribution < -0.4 is 10.1 Å². The minimum Gasteiger partial charge on any atom is -0.491 e. The van der Waals surface area contributed by atoms with Gasteiger partial charge >= 0.3 is 0 Å². The van der Waals surface area contributed by atoms with Gasteiger partial charge < -0.3 is 10.1 Å². The van der Waals surface area contributed by atoms with Gasteiger partial charge in [-0.1, -0.05) is 19.1 Å². The van der Waals surface area contributed by atoms with Gasteiger partial charge in [-0.3, -0.25) is 0 Å². The lowest BCUT2D eigenvalue weighted by atomic mass is 10.2. The molecule has 3 heteroatoms.